The average Bonchev–Trinajstić information content (AvgIpc) is 2.88. The van der Waals surface area contributed by atoms with Crippen LogP contribution in [0.3, 0.4) is 0 Å². The third-order valence-electron chi connectivity index (χ3n) is 4.06. The summed E-state index contributed by atoms with van der Waals surface area (Å²) in [5.41, 5.74) is 14.8. The lowest BCUT2D eigenvalue weighted by atomic mass is 9.95. The summed E-state index contributed by atoms with van der Waals surface area (Å²) >= 11 is 0. The molecular weight excluding hydrogens is 290 g/mol. The normalized spacial score (nSPS) is 17.1. The SMILES string of the molecule is CCCCCCn1ncc(/N=C2/C=C(C)C(=O)C(C)=C2N)c1N. The van der Waals surface area contributed by atoms with E-state index in [1.165, 1.54) is 19.3 Å². The summed E-state index contributed by atoms with van der Waals surface area (Å²) < 4.78 is 1.77. The summed E-state index contributed by atoms with van der Waals surface area (Å²) in [6.07, 6.45) is 7.97. The van der Waals surface area contributed by atoms with Crippen molar-refractivity contribution in [1.29, 1.82) is 0 Å². The van der Waals surface area contributed by atoms with Crippen LogP contribution in [-0.4, -0.2) is 21.3 Å². The Hall–Kier alpha value is -2.37. The topological polar surface area (TPSA) is 99.3 Å². The van der Waals surface area contributed by atoms with Gasteiger partial charge in [-0.3, -0.25) is 4.79 Å². The third-order valence-corrected chi connectivity index (χ3v) is 4.06. The molecular formula is C17H25N5O. The molecule has 0 radical (unpaired) electrons. The van der Waals surface area contributed by atoms with Crippen molar-refractivity contribution >= 4 is 23.0 Å². The Balaban J connectivity index is 2.20. The molecule has 1 aliphatic carbocycles. The van der Waals surface area contributed by atoms with Crippen molar-refractivity contribution in [3.63, 3.8) is 0 Å². The number of carbonyl (C=O) groups excluding carboxylic acids is 1. The van der Waals surface area contributed by atoms with Crippen LogP contribution >= 0.6 is 0 Å². The first kappa shape index (κ1) is 17.0. The molecule has 0 atom stereocenters. The van der Waals surface area contributed by atoms with Gasteiger partial charge in [-0.2, -0.15) is 5.10 Å². The molecule has 0 amide bonds. The molecule has 0 saturated heterocycles. The number of allylic oxidation sites excluding steroid dienone is 3. The van der Waals surface area contributed by atoms with E-state index in [1.807, 2.05) is 0 Å². The molecule has 2 rings (SSSR count). The number of nitrogen functional groups attached to an aromatic ring is 1. The van der Waals surface area contributed by atoms with E-state index in [1.54, 1.807) is 30.8 Å². The number of rotatable bonds is 6. The van der Waals surface area contributed by atoms with Gasteiger partial charge in [0.1, 0.15) is 11.5 Å². The smallest absolute Gasteiger partial charge is 0.186 e. The van der Waals surface area contributed by atoms with Crippen molar-refractivity contribution in [1.82, 2.24) is 9.78 Å². The minimum Gasteiger partial charge on any atom is -0.397 e. The van der Waals surface area contributed by atoms with Crippen LogP contribution in [0.2, 0.25) is 0 Å². The molecule has 0 bridgehead atoms. The first-order valence-electron chi connectivity index (χ1n) is 8.05. The summed E-state index contributed by atoms with van der Waals surface area (Å²) in [6.45, 7) is 6.44. The number of carbonyl (C=O) groups is 1. The second-order valence-electron chi connectivity index (χ2n) is 5.89. The number of Topliss-reactive ketones (excluding diaryl/α,β-unsaturated/α-hetero) is 1. The predicted molar refractivity (Wildman–Crippen MR) is 93.5 cm³/mol. The lowest BCUT2D eigenvalue weighted by molar-refractivity contribution is -0.112. The minimum atomic E-state index is -0.0407. The quantitative estimate of drug-likeness (QED) is 0.622. The van der Waals surface area contributed by atoms with Crippen molar-refractivity contribution in [3.8, 4) is 0 Å². The van der Waals surface area contributed by atoms with E-state index in [2.05, 4.69) is 17.0 Å². The maximum atomic E-state index is 11.9. The molecule has 1 aromatic rings. The van der Waals surface area contributed by atoms with Crippen molar-refractivity contribution in [2.45, 2.75) is 53.0 Å². The number of aliphatic imine (C=N–C) groups is 1. The van der Waals surface area contributed by atoms with Crippen LogP contribution in [0.4, 0.5) is 11.5 Å². The van der Waals surface area contributed by atoms with Gasteiger partial charge in [-0.05, 0) is 31.9 Å². The van der Waals surface area contributed by atoms with E-state index >= 15 is 0 Å². The Labute approximate surface area is 136 Å². The molecule has 4 N–H and O–H groups in total. The Morgan fingerprint density at radius 3 is 2.65 bits per heavy atom. The highest BCUT2D eigenvalue weighted by Crippen LogP contribution is 2.25. The van der Waals surface area contributed by atoms with Crippen LogP contribution < -0.4 is 11.5 Å². The van der Waals surface area contributed by atoms with Gasteiger partial charge in [0.25, 0.3) is 0 Å². The molecule has 1 aliphatic rings. The summed E-state index contributed by atoms with van der Waals surface area (Å²) in [5, 5.41) is 4.30. The number of ketones is 1. The summed E-state index contributed by atoms with van der Waals surface area (Å²) in [4.78, 5) is 16.4. The van der Waals surface area contributed by atoms with Crippen LogP contribution in [0.5, 0.6) is 0 Å². The zero-order valence-corrected chi connectivity index (χ0v) is 14.1. The zero-order valence-electron chi connectivity index (χ0n) is 14.1. The Kier molecular flexibility index (Phi) is 5.36. The molecule has 6 nitrogen and oxygen atoms in total. The molecule has 0 aliphatic heterocycles. The Morgan fingerprint density at radius 1 is 1.22 bits per heavy atom. The summed E-state index contributed by atoms with van der Waals surface area (Å²) in [7, 11) is 0. The number of unbranched alkanes of at least 4 members (excludes halogenated alkanes) is 3. The van der Waals surface area contributed by atoms with Gasteiger partial charge in [-0.15, -0.1) is 0 Å². The van der Waals surface area contributed by atoms with Gasteiger partial charge in [0, 0.05) is 12.1 Å². The summed E-state index contributed by atoms with van der Waals surface area (Å²) in [6, 6.07) is 0. The van der Waals surface area contributed by atoms with Crippen LogP contribution in [0.15, 0.2) is 34.1 Å². The molecule has 1 heterocycles. The Morgan fingerprint density at radius 2 is 1.96 bits per heavy atom. The number of aromatic nitrogens is 2. The minimum absolute atomic E-state index is 0.0407. The van der Waals surface area contributed by atoms with Crippen molar-refractivity contribution < 1.29 is 4.79 Å². The standard InChI is InChI=1S/C17H25N5O/c1-4-5-6-7-8-22-17(19)14(10-20-22)21-13-9-11(2)16(23)12(3)15(13)18/h9-10H,4-8,18-19H2,1-3H3/b21-13-. The number of nitrogens with zero attached hydrogens (tertiary/aromatic N) is 3. The van der Waals surface area contributed by atoms with Gasteiger partial charge in [0.05, 0.1) is 17.6 Å². The van der Waals surface area contributed by atoms with Gasteiger partial charge in [-0.1, -0.05) is 26.2 Å². The number of nitrogens with two attached hydrogens (primary N) is 2. The fraction of sp³-hybridized carbons (Fsp3) is 0.471. The second-order valence-corrected chi connectivity index (χ2v) is 5.89. The molecule has 0 fully saturated rings. The maximum Gasteiger partial charge on any atom is 0.186 e. The number of anilines is 1. The monoisotopic (exact) mass is 315 g/mol. The summed E-state index contributed by atoms with van der Waals surface area (Å²) in [5.74, 6) is 0.489. The van der Waals surface area contributed by atoms with Crippen LogP contribution in [0, 0.1) is 0 Å². The molecule has 0 aromatic carbocycles. The molecule has 124 valence electrons. The largest absolute Gasteiger partial charge is 0.397 e. The molecule has 1 aromatic heterocycles. The molecule has 23 heavy (non-hydrogen) atoms. The van der Waals surface area contributed by atoms with E-state index in [0.717, 1.165) is 13.0 Å². The molecule has 0 saturated carbocycles. The van der Waals surface area contributed by atoms with E-state index in [4.69, 9.17) is 11.5 Å². The molecule has 6 heteroatoms. The predicted octanol–water partition coefficient (Wildman–Crippen LogP) is 2.88. The fourth-order valence-corrected chi connectivity index (χ4v) is 2.52. The van der Waals surface area contributed by atoms with Crippen molar-refractivity contribution in [2.75, 3.05) is 5.73 Å². The van der Waals surface area contributed by atoms with Crippen LogP contribution in [0.25, 0.3) is 0 Å². The number of aryl methyl sites for hydroxylation is 1. The number of hydrogen-bond donors (Lipinski definition) is 2. The maximum absolute atomic E-state index is 11.9. The lowest BCUT2D eigenvalue weighted by Gasteiger charge is -2.14. The molecule has 0 unspecified atom stereocenters. The first-order valence-corrected chi connectivity index (χ1v) is 8.05. The van der Waals surface area contributed by atoms with Gasteiger partial charge in [-0.25, -0.2) is 9.67 Å². The van der Waals surface area contributed by atoms with Crippen LogP contribution in [-0.2, 0) is 11.3 Å². The second kappa shape index (κ2) is 7.26. The molecule has 0 spiro atoms. The van der Waals surface area contributed by atoms with E-state index < -0.39 is 0 Å². The first-order chi connectivity index (χ1) is 11.0. The number of hydrogen-bond acceptors (Lipinski definition) is 5. The van der Waals surface area contributed by atoms with E-state index in [9.17, 15) is 4.79 Å². The third kappa shape index (κ3) is 3.70. The van der Waals surface area contributed by atoms with Crippen molar-refractivity contribution in [3.05, 3.63) is 29.1 Å². The average molecular weight is 315 g/mol. The highest BCUT2D eigenvalue weighted by Gasteiger charge is 2.20. The zero-order chi connectivity index (χ0) is 17.0. The van der Waals surface area contributed by atoms with Gasteiger partial charge < -0.3 is 11.5 Å². The fourth-order valence-electron chi connectivity index (χ4n) is 2.52. The Bertz CT molecular complexity index is 694. The van der Waals surface area contributed by atoms with E-state index in [0.29, 0.717) is 34.1 Å². The highest BCUT2D eigenvalue weighted by molar-refractivity contribution is 6.24. The van der Waals surface area contributed by atoms with Gasteiger partial charge in [0.2, 0.25) is 0 Å². The van der Waals surface area contributed by atoms with Crippen LogP contribution in [0.1, 0.15) is 46.5 Å². The van der Waals surface area contributed by atoms with Gasteiger partial charge >= 0.3 is 0 Å². The lowest BCUT2D eigenvalue weighted by Crippen LogP contribution is -2.21. The van der Waals surface area contributed by atoms with Crippen molar-refractivity contribution in [2.24, 2.45) is 10.7 Å². The highest BCUT2D eigenvalue weighted by atomic mass is 16.1. The van der Waals surface area contributed by atoms with Gasteiger partial charge in [0.15, 0.2) is 5.78 Å². The van der Waals surface area contributed by atoms with E-state index in [-0.39, 0.29) is 5.78 Å².